The maximum Gasteiger partial charge on any atom is 0.232 e. The van der Waals surface area contributed by atoms with Crippen LogP contribution in [-0.2, 0) is 9.84 Å². The summed E-state index contributed by atoms with van der Waals surface area (Å²) in [6.45, 7) is 0.420. The van der Waals surface area contributed by atoms with Gasteiger partial charge in [-0.2, -0.15) is 0 Å². The number of fused-ring (bicyclic) bond motifs is 1. The first-order valence-electron chi connectivity index (χ1n) is 4.01. The Labute approximate surface area is 76.5 Å². The van der Waals surface area contributed by atoms with Gasteiger partial charge in [-0.3, -0.25) is 0 Å². The minimum absolute atomic E-state index is 0.145. The van der Waals surface area contributed by atoms with Gasteiger partial charge in [0.05, 0.1) is 12.4 Å². The Morgan fingerprint density at radius 1 is 1.46 bits per heavy atom. The Balaban J connectivity index is 2.62. The fraction of sp³-hybridized carbons (Fsp3) is 0.375. The van der Waals surface area contributed by atoms with Gasteiger partial charge in [0.2, 0.25) is 5.88 Å². The number of nitrogens with zero attached hydrogens (tertiary/aromatic N) is 1. The molecule has 2 rings (SSSR count). The van der Waals surface area contributed by atoms with Crippen LogP contribution in [0.1, 0.15) is 6.42 Å². The fourth-order valence-electron chi connectivity index (χ4n) is 1.25. The highest BCUT2D eigenvalue weighted by molar-refractivity contribution is 7.91. The Kier molecular flexibility index (Phi) is 1.95. The second kappa shape index (κ2) is 2.99. The molecule has 1 aliphatic heterocycles. The molecule has 1 aromatic heterocycles. The molecule has 70 valence electrons. The summed E-state index contributed by atoms with van der Waals surface area (Å²) in [6, 6.07) is 3.13. The Morgan fingerprint density at radius 2 is 2.31 bits per heavy atom. The standard InChI is InChI=1S/C8H9NO3S/c10-13(11)6-2-5-12-8-7(13)3-1-4-9-8/h1,3-4H,2,5-6H2. The van der Waals surface area contributed by atoms with E-state index in [0.717, 1.165) is 0 Å². The van der Waals surface area contributed by atoms with E-state index in [4.69, 9.17) is 4.74 Å². The number of aromatic nitrogens is 1. The first-order valence-corrected chi connectivity index (χ1v) is 5.66. The molecule has 5 heteroatoms. The third-order valence-corrected chi connectivity index (χ3v) is 3.67. The Hall–Kier alpha value is -1.10. The van der Waals surface area contributed by atoms with E-state index in [1.165, 1.54) is 12.3 Å². The molecular weight excluding hydrogens is 190 g/mol. The van der Waals surface area contributed by atoms with Crippen molar-refractivity contribution in [1.29, 1.82) is 0 Å². The summed E-state index contributed by atoms with van der Waals surface area (Å²) >= 11 is 0. The average molecular weight is 199 g/mol. The van der Waals surface area contributed by atoms with Crippen LogP contribution in [0, 0.1) is 0 Å². The van der Waals surface area contributed by atoms with E-state index in [-0.39, 0.29) is 16.5 Å². The molecule has 1 aliphatic rings. The average Bonchev–Trinajstić information content (AvgIpc) is 2.26. The van der Waals surface area contributed by atoms with Crippen molar-refractivity contribution < 1.29 is 13.2 Å². The maximum atomic E-state index is 11.6. The molecule has 0 aliphatic carbocycles. The molecule has 0 bridgehead atoms. The maximum absolute atomic E-state index is 11.6. The highest BCUT2D eigenvalue weighted by Crippen LogP contribution is 2.24. The predicted molar refractivity (Wildman–Crippen MR) is 46.4 cm³/mol. The second-order valence-corrected chi connectivity index (χ2v) is 4.91. The largest absolute Gasteiger partial charge is 0.477 e. The topological polar surface area (TPSA) is 56.3 Å². The minimum atomic E-state index is -3.17. The van der Waals surface area contributed by atoms with E-state index in [9.17, 15) is 8.42 Å². The molecule has 13 heavy (non-hydrogen) atoms. The van der Waals surface area contributed by atoms with Crippen LogP contribution in [0.4, 0.5) is 0 Å². The molecule has 0 N–H and O–H groups in total. The van der Waals surface area contributed by atoms with E-state index in [2.05, 4.69) is 4.98 Å². The molecule has 1 aromatic rings. The molecule has 2 heterocycles. The summed E-state index contributed by atoms with van der Waals surface area (Å²) in [6.07, 6.45) is 2.05. The van der Waals surface area contributed by atoms with E-state index in [0.29, 0.717) is 13.0 Å². The summed E-state index contributed by atoms with van der Waals surface area (Å²) in [7, 11) is -3.17. The quantitative estimate of drug-likeness (QED) is 0.615. The number of hydrogen-bond donors (Lipinski definition) is 0. The summed E-state index contributed by atoms with van der Waals surface area (Å²) in [4.78, 5) is 4.09. The zero-order chi connectivity index (χ0) is 9.31. The smallest absolute Gasteiger partial charge is 0.232 e. The lowest BCUT2D eigenvalue weighted by atomic mass is 10.5. The van der Waals surface area contributed by atoms with E-state index in [1.807, 2.05) is 0 Å². The van der Waals surface area contributed by atoms with Crippen molar-refractivity contribution in [3.05, 3.63) is 18.3 Å². The SMILES string of the molecule is O=S1(=O)CCCOc2ncccc21. The van der Waals surface area contributed by atoms with Gasteiger partial charge in [0.1, 0.15) is 4.90 Å². The van der Waals surface area contributed by atoms with Gasteiger partial charge in [0, 0.05) is 6.20 Å². The van der Waals surface area contributed by atoms with Crippen molar-refractivity contribution in [3.8, 4) is 5.88 Å². The molecule has 0 atom stereocenters. The first-order chi connectivity index (χ1) is 6.20. The molecule has 0 saturated heterocycles. The molecule has 4 nitrogen and oxygen atoms in total. The minimum Gasteiger partial charge on any atom is -0.477 e. The van der Waals surface area contributed by atoms with Gasteiger partial charge >= 0.3 is 0 Å². The zero-order valence-electron chi connectivity index (χ0n) is 6.93. The molecule has 0 radical (unpaired) electrons. The predicted octanol–water partition coefficient (Wildman–Crippen LogP) is 0.638. The molecule has 0 fully saturated rings. The third kappa shape index (κ3) is 1.51. The third-order valence-electron chi connectivity index (χ3n) is 1.87. The summed E-state index contributed by atoms with van der Waals surface area (Å²) in [5.74, 6) is 0.381. The molecule has 0 amide bonds. The zero-order valence-corrected chi connectivity index (χ0v) is 7.75. The fourth-order valence-corrected chi connectivity index (χ4v) is 2.63. The highest BCUT2D eigenvalue weighted by atomic mass is 32.2. The van der Waals surface area contributed by atoms with E-state index < -0.39 is 9.84 Å². The lowest BCUT2D eigenvalue weighted by Gasteiger charge is -2.02. The van der Waals surface area contributed by atoms with Gasteiger partial charge in [-0.05, 0) is 18.6 Å². The first kappa shape index (κ1) is 8.50. The van der Waals surface area contributed by atoms with Crippen molar-refractivity contribution in [2.24, 2.45) is 0 Å². The lowest BCUT2D eigenvalue weighted by molar-refractivity contribution is 0.302. The van der Waals surface area contributed by atoms with E-state index in [1.54, 1.807) is 6.07 Å². The summed E-state index contributed by atoms with van der Waals surface area (Å²) < 4.78 is 28.3. The second-order valence-electron chi connectivity index (χ2n) is 2.83. The number of sulfone groups is 1. The van der Waals surface area contributed by atoms with Crippen molar-refractivity contribution in [2.75, 3.05) is 12.4 Å². The van der Waals surface area contributed by atoms with Gasteiger partial charge in [0.25, 0.3) is 0 Å². The van der Waals surface area contributed by atoms with Crippen LogP contribution in [0.25, 0.3) is 0 Å². The summed E-state index contributed by atoms with van der Waals surface area (Å²) in [5.41, 5.74) is 0. The van der Waals surface area contributed by atoms with E-state index >= 15 is 0 Å². The van der Waals surface area contributed by atoms with Crippen LogP contribution in [0.2, 0.25) is 0 Å². The lowest BCUT2D eigenvalue weighted by Crippen LogP contribution is -2.05. The van der Waals surface area contributed by atoms with Crippen LogP contribution in [0.15, 0.2) is 23.2 Å². The highest BCUT2D eigenvalue weighted by Gasteiger charge is 2.23. The van der Waals surface area contributed by atoms with Crippen molar-refractivity contribution >= 4 is 9.84 Å². The molecule has 0 unspecified atom stereocenters. The van der Waals surface area contributed by atoms with Crippen LogP contribution >= 0.6 is 0 Å². The van der Waals surface area contributed by atoms with Crippen LogP contribution in [-0.4, -0.2) is 25.8 Å². The van der Waals surface area contributed by atoms with Gasteiger partial charge in [-0.25, -0.2) is 13.4 Å². The van der Waals surface area contributed by atoms with Crippen molar-refractivity contribution in [1.82, 2.24) is 4.98 Å². The van der Waals surface area contributed by atoms with Gasteiger partial charge < -0.3 is 4.74 Å². The van der Waals surface area contributed by atoms with Crippen LogP contribution < -0.4 is 4.74 Å². The van der Waals surface area contributed by atoms with Crippen molar-refractivity contribution in [2.45, 2.75) is 11.3 Å². The Morgan fingerprint density at radius 3 is 3.15 bits per heavy atom. The Bertz CT molecular complexity index is 413. The number of pyridine rings is 1. The normalized spacial score (nSPS) is 19.7. The molecule has 0 spiro atoms. The number of rotatable bonds is 0. The molecular formula is C8H9NO3S. The van der Waals surface area contributed by atoms with Crippen molar-refractivity contribution in [3.63, 3.8) is 0 Å². The van der Waals surface area contributed by atoms with Crippen LogP contribution in [0.5, 0.6) is 5.88 Å². The van der Waals surface area contributed by atoms with Crippen LogP contribution in [0.3, 0.4) is 0 Å². The summed E-state index contributed by atoms with van der Waals surface area (Å²) in [5, 5.41) is 0. The number of ether oxygens (including phenoxy) is 1. The van der Waals surface area contributed by atoms with Gasteiger partial charge in [-0.15, -0.1) is 0 Å². The number of hydrogen-bond acceptors (Lipinski definition) is 4. The monoisotopic (exact) mass is 199 g/mol. The molecule has 0 saturated carbocycles. The van der Waals surface area contributed by atoms with Gasteiger partial charge in [-0.1, -0.05) is 0 Å². The molecule has 0 aromatic carbocycles. The van der Waals surface area contributed by atoms with Gasteiger partial charge in [0.15, 0.2) is 9.84 Å².